The molecule has 0 N–H and O–H groups in total. The Hall–Kier alpha value is -0.999. The molecule has 4 rings (SSSR count). The van der Waals surface area contributed by atoms with Crippen LogP contribution in [0.25, 0.3) is 0 Å². The molecular weight excluding hydrogens is 991 g/mol. The van der Waals surface area contributed by atoms with Gasteiger partial charge in [-0.25, -0.2) is 0 Å². The van der Waals surface area contributed by atoms with E-state index in [0.717, 1.165) is 12.3 Å². The molecule has 0 saturated heterocycles. The standard InChI is InChI=1S/C34H44N4P2.2Au.2ClH/c1-35(2)27-9-17-31(18-10-27)39(32-19-11-28(12-20-32)36(3)4)25-26-40(33-21-13-29(14-22-33)37(5)6)34-23-15-30(16-24-34)38(7)8;;;;/h9-24H,25-26H2,1-8H3;;;2*1H/q;2*+1;;/p-2. The van der Waals surface area contributed by atoms with E-state index in [1.54, 1.807) is 0 Å². The summed E-state index contributed by atoms with van der Waals surface area (Å²) in [5.74, 6) is 0. The Morgan fingerprint density at radius 2 is 0.568 bits per heavy atom. The molecule has 0 unspecified atom stereocenters. The zero-order valence-electron chi connectivity index (χ0n) is 26.7. The van der Waals surface area contributed by atoms with Gasteiger partial charge in [-0.1, -0.05) is 0 Å². The minimum atomic E-state index is -1.89. The summed E-state index contributed by atoms with van der Waals surface area (Å²) in [5, 5.41) is 5.58. The van der Waals surface area contributed by atoms with Crippen LogP contribution in [0.1, 0.15) is 0 Å². The third kappa shape index (κ3) is 7.75. The van der Waals surface area contributed by atoms with Crippen molar-refractivity contribution in [3.05, 3.63) is 97.1 Å². The van der Waals surface area contributed by atoms with Crippen molar-refractivity contribution in [3.8, 4) is 0 Å². The molecule has 0 radical (unpaired) electrons. The molecule has 0 aliphatic heterocycles. The molecule has 0 aromatic heterocycles. The Kier molecular flexibility index (Phi) is 12.8. The molecule has 4 aromatic carbocycles. The maximum atomic E-state index is 7.28. The molecule has 246 valence electrons. The number of anilines is 4. The third-order valence-electron chi connectivity index (χ3n) is 7.88. The van der Waals surface area contributed by atoms with Gasteiger partial charge in [0, 0.05) is 0 Å². The van der Waals surface area contributed by atoms with E-state index in [4.69, 9.17) is 18.4 Å². The molecule has 4 nitrogen and oxygen atoms in total. The summed E-state index contributed by atoms with van der Waals surface area (Å²) in [7, 11) is 31.3. The van der Waals surface area contributed by atoms with Crippen molar-refractivity contribution >= 4 is 71.7 Å². The van der Waals surface area contributed by atoms with Gasteiger partial charge in [0.15, 0.2) is 0 Å². The second-order valence-electron chi connectivity index (χ2n) is 11.5. The van der Waals surface area contributed by atoms with E-state index in [1.807, 2.05) is 0 Å². The van der Waals surface area contributed by atoms with Crippen molar-refractivity contribution in [1.29, 1.82) is 0 Å². The zero-order chi connectivity index (χ0) is 32.1. The fourth-order valence-electron chi connectivity index (χ4n) is 5.15. The van der Waals surface area contributed by atoms with Gasteiger partial charge in [-0.15, -0.1) is 0 Å². The van der Waals surface area contributed by atoms with Crippen molar-refractivity contribution in [3.63, 3.8) is 0 Å². The fourth-order valence-corrected chi connectivity index (χ4v) is 31.3. The van der Waals surface area contributed by atoms with Gasteiger partial charge in [-0.05, 0) is 0 Å². The predicted molar refractivity (Wildman–Crippen MR) is 197 cm³/mol. The van der Waals surface area contributed by atoms with Crippen molar-refractivity contribution in [2.24, 2.45) is 0 Å². The summed E-state index contributed by atoms with van der Waals surface area (Å²) in [4.78, 5) is 8.64. The quantitative estimate of drug-likeness (QED) is 0.120. The van der Waals surface area contributed by atoms with Gasteiger partial charge in [0.05, 0.1) is 0 Å². The van der Waals surface area contributed by atoms with Crippen LogP contribution in [0.2, 0.25) is 0 Å². The Labute approximate surface area is 289 Å². The van der Waals surface area contributed by atoms with E-state index in [0.29, 0.717) is 0 Å². The third-order valence-corrected chi connectivity index (χ3v) is 36.4. The van der Waals surface area contributed by atoms with Gasteiger partial charge in [-0.3, -0.25) is 0 Å². The molecule has 0 spiro atoms. The number of halogens is 2. The summed E-state index contributed by atoms with van der Waals surface area (Å²) in [6.45, 7) is 0. The van der Waals surface area contributed by atoms with Crippen LogP contribution < -0.4 is 40.8 Å². The molecule has 0 saturated carbocycles. The first-order chi connectivity index (χ1) is 21.0. The van der Waals surface area contributed by atoms with E-state index in [9.17, 15) is 0 Å². The summed E-state index contributed by atoms with van der Waals surface area (Å²) in [6, 6.07) is 36.8. The van der Waals surface area contributed by atoms with Crippen LogP contribution >= 0.6 is 27.8 Å². The van der Waals surface area contributed by atoms with Crippen LogP contribution in [-0.4, -0.2) is 68.7 Å². The molecule has 0 atom stereocenters. The van der Waals surface area contributed by atoms with Gasteiger partial charge >= 0.3 is 292 Å². The predicted octanol–water partition coefficient (Wildman–Crippen LogP) is 6.89. The number of rotatable bonds is 11. The Bertz CT molecular complexity index is 1400. The monoisotopic (exact) mass is 1030 g/mol. The van der Waals surface area contributed by atoms with Crippen LogP contribution in [0.5, 0.6) is 0 Å². The van der Waals surface area contributed by atoms with Crippen molar-refractivity contribution in [1.82, 2.24) is 0 Å². The summed E-state index contributed by atoms with van der Waals surface area (Å²) < 4.78 is -3.78. The first kappa shape index (κ1) is 35.8. The SMILES string of the molecule is CN(C)c1ccc([P](CC[P](=[Au][Cl])(c2ccc(N(C)C)cc2)c2ccc(N(C)C)cc2)(=[Au][Cl])c2ccc(N(C)C)cc2)cc1. The first-order valence-corrected chi connectivity index (χ1v) is 29.1. The van der Waals surface area contributed by atoms with Gasteiger partial charge in [-0.2, -0.15) is 0 Å². The van der Waals surface area contributed by atoms with Gasteiger partial charge in [0.2, 0.25) is 0 Å². The van der Waals surface area contributed by atoms with E-state index in [-0.39, 0.29) is 0 Å². The van der Waals surface area contributed by atoms with E-state index in [2.05, 4.69) is 173 Å². The molecule has 0 fully saturated rings. The normalized spacial score (nSPS) is 12.0. The van der Waals surface area contributed by atoms with Crippen LogP contribution in [0.3, 0.4) is 0 Å². The van der Waals surface area contributed by atoms with Crippen molar-refractivity contribution in [2.75, 3.05) is 88.3 Å². The zero-order valence-corrected chi connectivity index (χ0v) is 34.3. The molecule has 0 aliphatic rings. The maximum absolute atomic E-state index is 7.28. The van der Waals surface area contributed by atoms with Crippen LogP contribution in [0, 0.1) is 0 Å². The Morgan fingerprint density at radius 3 is 0.705 bits per heavy atom. The number of hydrogen-bond donors (Lipinski definition) is 0. The van der Waals surface area contributed by atoms with Crippen LogP contribution in [0.15, 0.2) is 97.1 Å². The number of hydrogen-bond acceptors (Lipinski definition) is 4. The Balaban J connectivity index is 1.90. The molecule has 4 aromatic rings. The Morgan fingerprint density at radius 1 is 0.386 bits per heavy atom. The number of nitrogens with zero attached hydrogens (tertiary/aromatic N) is 4. The van der Waals surface area contributed by atoms with Crippen LogP contribution in [0.4, 0.5) is 22.7 Å². The average Bonchev–Trinajstić information content (AvgIpc) is 3.04. The summed E-state index contributed by atoms with van der Waals surface area (Å²) in [5.41, 5.74) is 4.82. The molecule has 0 heterocycles. The average molecular weight is 1040 g/mol. The summed E-state index contributed by atoms with van der Waals surface area (Å²) >= 11 is -1.02. The molecule has 0 bridgehead atoms. The summed E-state index contributed by atoms with van der Waals surface area (Å²) in [6.07, 6.45) is 2.09. The second kappa shape index (κ2) is 15.7. The topological polar surface area (TPSA) is 13.0 Å². The van der Waals surface area contributed by atoms with Gasteiger partial charge in [0.25, 0.3) is 0 Å². The minimum absolute atomic E-state index is 0.509. The number of benzene rings is 4. The molecule has 0 amide bonds. The van der Waals surface area contributed by atoms with Gasteiger partial charge in [0.1, 0.15) is 0 Å². The molecular formula is C34H44Au2Cl2N4P2. The molecule has 44 heavy (non-hydrogen) atoms. The molecule has 10 heteroatoms. The van der Waals surface area contributed by atoms with Crippen LogP contribution in [-0.2, 0) is 35.3 Å². The first-order valence-electron chi connectivity index (χ1n) is 14.3. The van der Waals surface area contributed by atoms with Crippen molar-refractivity contribution in [2.45, 2.75) is 0 Å². The van der Waals surface area contributed by atoms with E-state index in [1.165, 1.54) is 44.0 Å². The van der Waals surface area contributed by atoms with Crippen molar-refractivity contribution < 1.29 is 35.3 Å². The molecule has 0 aliphatic carbocycles. The van der Waals surface area contributed by atoms with E-state index < -0.39 is 44.7 Å². The van der Waals surface area contributed by atoms with Gasteiger partial charge < -0.3 is 0 Å². The second-order valence-corrected chi connectivity index (χ2v) is 34.4. The fraction of sp³-hybridized carbons (Fsp3) is 0.294. The van der Waals surface area contributed by atoms with E-state index >= 15 is 0 Å².